The Kier molecular flexibility index (Phi) is 7.03. The van der Waals surface area contributed by atoms with Gasteiger partial charge in [0.25, 0.3) is 0 Å². The highest BCUT2D eigenvalue weighted by molar-refractivity contribution is 5.87. The number of carbonyl (C=O) groups excluding carboxylic acids is 2. The molecule has 0 saturated carbocycles. The SMILES string of the molecule is O=C(O)/C=C/CNC(=O)C(NC(=O)OCC1c2ccccc2-c2ccccc21)c1ccccc1. The average Bonchev–Trinajstić information content (AvgIpc) is 3.18. The minimum Gasteiger partial charge on any atom is -0.478 e. The van der Waals surface area contributed by atoms with Crippen LogP contribution in [0.2, 0.25) is 0 Å². The van der Waals surface area contributed by atoms with E-state index in [1.807, 2.05) is 36.4 Å². The predicted molar refractivity (Wildman–Crippen MR) is 127 cm³/mol. The maximum absolute atomic E-state index is 12.7. The van der Waals surface area contributed by atoms with E-state index in [0.29, 0.717) is 5.56 Å². The molecule has 34 heavy (non-hydrogen) atoms. The minimum atomic E-state index is -1.11. The third kappa shape index (κ3) is 5.15. The van der Waals surface area contributed by atoms with Gasteiger partial charge in [0.05, 0.1) is 0 Å². The van der Waals surface area contributed by atoms with Gasteiger partial charge >= 0.3 is 12.1 Å². The van der Waals surface area contributed by atoms with Crippen molar-refractivity contribution in [3.8, 4) is 11.1 Å². The van der Waals surface area contributed by atoms with Gasteiger partial charge in [0.15, 0.2) is 0 Å². The monoisotopic (exact) mass is 456 g/mol. The van der Waals surface area contributed by atoms with Crippen LogP contribution in [0.3, 0.4) is 0 Å². The number of fused-ring (bicyclic) bond motifs is 3. The standard InChI is InChI=1S/C27H24N2O5/c30-24(31)15-8-16-28-26(32)25(18-9-2-1-3-10-18)29-27(33)34-17-23-21-13-6-4-11-19(21)20-12-5-7-14-22(20)23/h1-15,23,25H,16-17H2,(H,28,32)(H,29,33)(H,30,31)/b15-8+. The first-order valence-corrected chi connectivity index (χ1v) is 10.9. The maximum atomic E-state index is 12.7. The normalized spacial score (nSPS) is 13.1. The molecule has 0 saturated heterocycles. The Morgan fingerprint density at radius 2 is 1.47 bits per heavy atom. The van der Waals surface area contributed by atoms with Crippen LogP contribution in [0, 0.1) is 0 Å². The smallest absolute Gasteiger partial charge is 0.408 e. The topological polar surface area (TPSA) is 105 Å². The summed E-state index contributed by atoms with van der Waals surface area (Å²) in [5, 5.41) is 13.9. The number of hydrogen-bond donors (Lipinski definition) is 3. The van der Waals surface area contributed by atoms with Crippen LogP contribution in [0.15, 0.2) is 91.0 Å². The summed E-state index contributed by atoms with van der Waals surface area (Å²) in [6.45, 7) is 0.144. The molecule has 0 aromatic heterocycles. The molecule has 0 radical (unpaired) electrons. The first kappa shape index (κ1) is 22.8. The highest BCUT2D eigenvalue weighted by atomic mass is 16.5. The number of rotatable bonds is 8. The molecule has 3 N–H and O–H groups in total. The summed E-state index contributed by atoms with van der Waals surface area (Å²) in [5.74, 6) is -1.68. The molecule has 1 aliphatic carbocycles. The Morgan fingerprint density at radius 1 is 0.882 bits per heavy atom. The lowest BCUT2D eigenvalue weighted by molar-refractivity contribution is -0.131. The van der Waals surface area contributed by atoms with E-state index in [2.05, 4.69) is 22.8 Å². The van der Waals surface area contributed by atoms with Crippen molar-refractivity contribution >= 4 is 18.0 Å². The van der Waals surface area contributed by atoms with E-state index >= 15 is 0 Å². The van der Waals surface area contributed by atoms with E-state index in [-0.39, 0.29) is 19.1 Å². The molecule has 0 heterocycles. The van der Waals surface area contributed by atoms with Crippen LogP contribution >= 0.6 is 0 Å². The average molecular weight is 456 g/mol. The molecule has 3 aromatic carbocycles. The van der Waals surface area contributed by atoms with E-state index in [4.69, 9.17) is 9.84 Å². The highest BCUT2D eigenvalue weighted by Gasteiger charge is 2.30. The van der Waals surface area contributed by atoms with Gasteiger partial charge in [-0.2, -0.15) is 0 Å². The number of alkyl carbamates (subject to hydrolysis) is 1. The van der Waals surface area contributed by atoms with Crippen molar-refractivity contribution in [1.29, 1.82) is 0 Å². The summed E-state index contributed by atoms with van der Waals surface area (Å²) in [7, 11) is 0. The van der Waals surface area contributed by atoms with Crippen molar-refractivity contribution in [3.63, 3.8) is 0 Å². The summed E-state index contributed by atoms with van der Waals surface area (Å²) in [6, 6.07) is 23.9. The summed E-state index contributed by atoms with van der Waals surface area (Å²) in [5.41, 5.74) is 5.03. The number of nitrogens with one attached hydrogen (secondary N) is 2. The Morgan fingerprint density at radius 3 is 2.09 bits per heavy atom. The van der Waals surface area contributed by atoms with Crippen LogP contribution < -0.4 is 10.6 Å². The van der Waals surface area contributed by atoms with Crippen LogP contribution in [0.1, 0.15) is 28.7 Å². The zero-order valence-electron chi connectivity index (χ0n) is 18.3. The second-order valence-electron chi connectivity index (χ2n) is 7.80. The van der Waals surface area contributed by atoms with Crippen LogP contribution in [0.4, 0.5) is 4.79 Å². The number of carboxylic acid groups (broad SMARTS) is 1. The number of carboxylic acids is 1. The number of amides is 2. The Labute approximate surface area is 197 Å². The van der Waals surface area contributed by atoms with Gasteiger partial charge in [0.1, 0.15) is 12.6 Å². The Bertz CT molecular complexity index is 1180. The molecule has 1 atom stereocenters. The third-order valence-corrected chi connectivity index (χ3v) is 5.66. The quantitative estimate of drug-likeness (QED) is 0.444. The van der Waals surface area contributed by atoms with E-state index in [0.717, 1.165) is 28.3 Å². The predicted octanol–water partition coefficient (Wildman–Crippen LogP) is 4.02. The first-order valence-electron chi connectivity index (χ1n) is 10.9. The third-order valence-electron chi connectivity index (χ3n) is 5.66. The van der Waals surface area contributed by atoms with Crippen LogP contribution in [0.25, 0.3) is 11.1 Å². The van der Waals surface area contributed by atoms with Gasteiger partial charge in [-0.15, -0.1) is 0 Å². The van der Waals surface area contributed by atoms with Gasteiger partial charge < -0.3 is 20.5 Å². The van der Waals surface area contributed by atoms with Crippen LogP contribution in [-0.2, 0) is 14.3 Å². The van der Waals surface area contributed by atoms with Crippen molar-refractivity contribution in [2.75, 3.05) is 13.2 Å². The summed E-state index contributed by atoms with van der Waals surface area (Å²) >= 11 is 0. The molecule has 0 bridgehead atoms. The lowest BCUT2D eigenvalue weighted by Gasteiger charge is -2.20. The number of carbonyl (C=O) groups is 3. The molecular formula is C27H24N2O5. The van der Waals surface area contributed by atoms with Gasteiger partial charge in [-0.1, -0.05) is 84.9 Å². The maximum Gasteiger partial charge on any atom is 0.408 e. The van der Waals surface area contributed by atoms with E-state index in [1.54, 1.807) is 30.3 Å². The second-order valence-corrected chi connectivity index (χ2v) is 7.80. The summed E-state index contributed by atoms with van der Waals surface area (Å²) < 4.78 is 5.58. The number of ether oxygens (including phenoxy) is 1. The van der Waals surface area contributed by atoms with E-state index < -0.39 is 24.0 Å². The number of benzene rings is 3. The minimum absolute atomic E-state index is 0.0147. The zero-order chi connectivity index (χ0) is 23.9. The van der Waals surface area contributed by atoms with Crippen LogP contribution in [0.5, 0.6) is 0 Å². The van der Waals surface area contributed by atoms with Gasteiger partial charge in [0.2, 0.25) is 5.91 Å². The first-order chi connectivity index (χ1) is 16.5. The van der Waals surface area contributed by atoms with Gasteiger partial charge in [-0.05, 0) is 27.8 Å². The fraction of sp³-hybridized carbons (Fsp3) is 0.148. The van der Waals surface area contributed by atoms with Crippen molar-refractivity contribution in [2.24, 2.45) is 0 Å². The fourth-order valence-corrected chi connectivity index (χ4v) is 4.12. The lowest BCUT2D eigenvalue weighted by Crippen LogP contribution is -2.41. The van der Waals surface area contributed by atoms with Crippen molar-refractivity contribution in [3.05, 3.63) is 108 Å². The lowest BCUT2D eigenvalue weighted by atomic mass is 9.98. The number of aliphatic carboxylic acids is 1. The zero-order valence-corrected chi connectivity index (χ0v) is 18.3. The highest BCUT2D eigenvalue weighted by Crippen LogP contribution is 2.44. The second kappa shape index (κ2) is 10.5. The molecule has 7 heteroatoms. The van der Waals surface area contributed by atoms with E-state index in [9.17, 15) is 14.4 Å². The van der Waals surface area contributed by atoms with Gasteiger partial charge in [-0.3, -0.25) is 4.79 Å². The van der Waals surface area contributed by atoms with Gasteiger partial charge in [0, 0.05) is 18.5 Å². The van der Waals surface area contributed by atoms with E-state index in [1.165, 1.54) is 6.08 Å². The molecule has 3 aromatic rings. The van der Waals surface area contributed by atoms with Gasteiger partial charge in [-0.25, -0.2) is 9.59 Å². The summed E-state index contributed by atoms with van der Waals surface area (Å²) in [6.07, 6.45) is 1.54. The van der Waals surface area contributed by atoms with Crippen molar-refractivity contribution in [2.45, 2.75) is 12.0 Å². The molecule has 0 spiro atoms. The van der Waals surface area contributed by atoms with Crippen molar-refractivity contribution in [1.82, 2.24) is 10.6 Å². The fourth-order valence-electron chi connectivity index (χ4n) is 4.12. The molecule has 4 rings (SSSR count). The van der Waals surface area contributed by atoms with Crippen molar-refractivity contribution < 1.29 is 24.2 Å². The van der Waals surface area contributed by atoms with Crippen LogP contribution in [-0.4, -0.2) is 36.2 Å². The molecule has 1 aliphatic rings. The Hall–Kier alpha value is -4.39. The molecule has 172 valence electrons. The molecule has 1 unspecified atom stereocenters. The summed E-state index contributed by atoms with van der Waals surface area (Å²) in [4.78, 5) is 36.1. The molecule has 7 nitrogen and oxygen atoms in total. The molecule has 2 amide bonds. The molecule has 0 aliphatic heterocycles. The largest absolute Gasteiger partial charge is 0.478 e. The Balaban J connectivity index is 1.44. The molecule has 0 fully saturated rings. The number of hydrogen-bond acceptors (Lipinski definition) is 4. The molecular weight excluding hydrogens is 432 g/mol.